The van der Waals surface area contributed by atoms with Crippen LogP contribution in [0, 0.1) is 6.92 Å². The summed E-state index contributed by atoms with van der Waals surface area (Å²) in [4.78, 5) is 28.5. The topological polar surface area (TPSA) is 114 Å². The number of hydrogen-bond acceptors (Lipinski definition) is 6. The quantitative estimate of drug-likeness (QED) is 0.701. The molecule has 0 saturated heterocycles. The maximum atomic E-state index is 12.2. The first-order chi connectivity index (χ1) is 13.8. The third-order valence-corrected chi connectivity index (χ3v) is 5.73. The number of carbonyl (C=O) groups is 2. The number of sulfonamides is 1. The highest BCUT2D eigenvalue weighted by atomic mass is 32.2. The lowest BCUT2D eigenvalue weighted by atomic mass is 10.2. The van der Waals surface area contributed by atoms with Gasteiger partial charge < -0.3 is 10.1 Å². The lowest BCUT2D eigenvalue weighted by Crippen LogP contribution is -2.30. The number of rotatable bonds is 6. The Bertz CT molecular complexity index is 1080. The van der Waals surface area contributed by atoms with Crippen LogP contribution in [0.1, 0.15) is 24.5 Å². The van der Waals surface area contributed by atoms with E-state index < -0.39 is 28.0 Å². The molecule has 1 aliphatic heterocycles. The second kappa shape index (κ2) is 8.44. The third kappa shape index (κ3) is 4.80. The van der Waals surface area contributed by atoms with Gasteiger partial charge in [-0.1, -0.05) is 30.3 Å². The van der Waals surface area contributed by atoms with E-state index in [2.05, 4.69) is 15.0 Å². The first-order valence-corrected chi connectivity index (χ1v) is 10.5. The monoisotopic (exact) mass is 415 g/mol. The Morgan fingerprint density at radius 3 is 2.59 bits per heavy atom. The molecule has 0 unspecified atom stereocenters. The van der Waals surface area contributed by atoms with Gasteiger partial charge in [0.05, 0.1) is 17.9 Å². The number of aryl methyl sites for hydroxylation is 1. The van der Waals surface area contributed by atoms with Gasteiger partial charge in [-0.3, -0.25) is 19.3 Å². The van der Waals surface area contributed by atoms with E-state index in [9.17, 15) is 18.0 Å². The summed E-state index contributed by atoms with van der Waals surface area (Å²) in [6, 6.07) is 13.7. The predicted octanol–water partition coefficient (Wildman–Crippen LogP) is 1.99. The average molecular weight is 415 g/mol. The van der Waals surface area contributed by atoms with Gasteiger partial charge in [0, 0.05) is 11.3 Å². The number of nitrogens with one attached hydrogen (secondary N) is 2. The zero-order valence-electron chi connectivity index (χ0n) is 16.0. The van der Waals surface area contributed by atoms with Crippen LogP contribution in [0.3, 0.4) is 0 Å². The molecular formula is C20H21N3O5S. The fourth-order valence-corrected chi connectivity index (χ4v) is 4.02. The Balaban J connectivity index is 1.53. The van der Waals surface area contributed by atoms with Crippen molar-refractivity contribution in [3.63, 3.8) is 0 Å². The van der Waals surface area contributed by atoms with Crippen molar-refractivity contribution in [3.05, 3.63) is 59.7 Å². The second-order valence-corrected chi connectivity index (χ2v) is 8.17. The molecule has 0 radical (unpaired) electrons. The highest BCUT2D eigenvalue weighted by Crippen LogP contribution is 2.22. The molecule has 0 aromatic heterocycles. The molecule has 0 fully saturated rings. The average Bonchev–Trinajstić information content (AvgIpc) is 2.94. The van der Waals surface area contributed by atoms with Crippen LogP contribution >= 0.6 is 0 Å². The molecular weight excluding hydrogens is 394 g/mol. The Morgan fingerprint density at radius 2 is 1.83 bits per heavy atom. The van der Waals surface area contributed by atoms with Crippen molar-refractivity contribution in [1.29, 1.82) is 0 Å². The van der Waals surface area contributed by atoms with Crippen LogP contribution < -0.4 is 10.0 Å². The molecule has 2 aromatic carbocycles. The molecule has 1 atom stereocenters. The molecule has 9 heteroatoms. The number of nitrogens with zero attached hydrogens (tertiary/aromatic N) is 1. The molecule has 3 rings (SSSR count). The molecule has 152 valence electrons. The van der Waals surface area contributed by atoms with Gasteiger partial charge in [0.2, 0.25) is 0 Å². The zero-order valence-corrected chi connectivity index (χ0v) is 16.8. The molecule has 0 saturated carbocycles. The number of hydrogen-bond donors (Lipinski definition) is 2. The largest absolute Gasteiger partial charge is 0.452 e. The summed E-state index contributed by atoms with van der Waals surface area (Å²) < 4.78 is 31.6. The third-order valence-electron chi connectivity index (χ3n) is 4.33. The van der Waals surface area contributed by atoms with E-state index in [-0.39, 0.29) is 23.7 Å². The van der Waals surface area contributed by atoms with E-state index in [0.717, 1.165) is 5.56 Å². The maximum absolute atomic E-state index is 12.2. The number of anilines is 1. The van der Waals surface area contributed by atoms with Gasteiger partial charge in [0.15, 0.2) is 6.10 Å². The number of carbonyl (C=O) groups excluding carboxylic acids is 2. The first-order valence-electron chi connectivity index (χ1n) is 9.00. The number of esters is 1. The number of amidine groups is 1. The van der Waals surface area contributed by atoms with Crippen molar-refractivity contribution in [1.82, 2.24) is 4.72 Å². The fourth-order valence-electron chi connectivity index (χ4n) is 2.77. The molecule has 2 aromatic rings. The Labute approximate surface area is 169 Å². The fraction of sp³-hybridized carbons (Fsp3) is 0.250. The Kier molecular flexibility index (Phi) is 5.97. The summed E-state index contributed by atoms with van der Waals surface area (Å²) >= 11 is 0. The molecule has 1 amide bonds. The van der Waals surface area contributed by atoms with Crippen molar-refractivity contribution >= 4 is 33.4 Å². The van der Waals surface area contributed by atoms with E-state index in [1.165, 1.54) is 13.0 Å². The number of para-hydroxylation sites is 1. The second-order valence-electron chi connectivity index (χ2n) is 6.52. The van der Waals surface area contributed by atoms with Crippen LogP contribution in [0.4, 0.5) is 5.69 Å². The Morgan fingerprint density at radius 1 is 1.14 bits per heavy atom. The van der Waals surface area contributed by atoms with Crippen molar-refractivity contribution in [2.45, 2.75) is 31.3 Å². The van der Waals surface area contributed by atoms with Crippen molar-refractivity contribution < 1.29 is 22.7 Å². The van der Waals surface area contributed by atoms with E-state index in [0.29, 0.717) is 11.3 Å². The Hall–Kier alpha value is -3.20. The highest BCUT2D eigenvalue weighted by molar-refractivity contribution is 7.90. The number of aliphatic imine (C=N–C) groups is 1. The molecule has 8 nitrogen and oxygen atoms in total. The highest BCUT2D eigenvalue weighted by Gasteiger charge is 2.30. The van der Waals surface area contributed by atoms with Crippen molar-refractivity contribution in [3.8, 4) is 0 Å². The molecule has 0 spiro atoms. The maximum Gasteiger partial charge on any atom is 0.308 e. The van der Waals surface area contributed by atoms with Gasteiger partial charge >= 0.3 is 5.97 Å². The summed E-state index contributed by atoms with van der Waals surface area (Å²) in [5.74, 6) is -0.842. The van der Waals surface area contributed by atoms with Crippen LogP contribution in [-0.2, 0) is 24.3 Å². The molecule has 1 heterocycles. The number of benzene rings is 2. The molecule has 1 aliphatic rings. The van der Waals surface area contributed by atoms with Crippen LogP contribution in [0.2, 0.25) is 0 Å². The van der Waals surface area contributed by atoms with Gasteiger partial charge in [-0.2, -0.15) is 0 Å². The minimum atomic E-state index is -3.62. The van der Waals surface area contributed by atoms with Gasteiger partial charge in [0.1, 0.15) is 5.84 Å². The minimum Gasteiger partial charge on any atom is -0.452 e. The summed E-state index contributed by atoms with van der Waals surface area (Å²) in [6.07, 6.45) is -1.06. The van der Waals surface area contributed by atoms with Crippen molar-refractivity contribution in [2.75, 3.05) is 11.9 Å². The first kappa shape index (κ1) is 20.5. The number of ether oxygens (including phenoxy) is 1. The van der Waals surface area contributed by atoms with Crippen LogP contribution in [0.5, 0.6) is 0 Å². The summed E-state index contributed by atoms with van der Waals surface area (Å²) in [5.41, 5.74) is 2.01. The van der Waals surface area contributed by atoms with E-state index in [1.807, 2.05) is 19.1 Å². The lowest BCUT2D eigenvalue weighted by Gasteiger charge is -2.14. The van der Waals surface area contributed by atoms with Crippen LogP contribution in [0.15, 0.2) is 58.4 Å². The van der Waals surface area contributed by atoms with E-state index in [4.69, 9.17) is 4.74 Å². The minimum absolute atomic E-state index is 0.0250. The van der Waals surface area contributed by atoms with Crippen LogP contribution in [0.25, 0.3) is 0 Å². The molecule has 29 heavy (non-hydrogen) atoms. The lowest BCUT2D eigenvalue weighted by molar-refractivity contribution is -0.152. The van der Waals surface area contributed by atoms with Gasteiger partial charge in [-0.15, -0.1) is 0 Å². The summed E-state index contributed by atoms with van der Waals surface area (Å²) in [6.45, 7) is 3.37. The van der Waals surface area contributed by atoms with Gasteiger partial charge in [0.25, 0.3) is 15.9 Å². The van der Waals surface area contributed by atoms with Gasteiger partial charge in [-0.05, 0) is 37.6 Å². The predicted molar refractivity (Wildman–Crippen MR) is 108 cm³/mol. The number of fused-ring (bicyclic) bond motifs is 1. The van der Waals surface area contributed by atoms with E-state index >= 15 is 0 Å². The number of amides is 1. The summed E-state index contributed by atoms with van der Waals surface area (Å²) in [5, 5.41) is 2.72. The molecule has 0 aliphatic carbocycles. The zero-order chi connectivity index (χ0) is 21.0. The normalized spacial score (nSPS) is 16.6. The SMILES string of the molecule is Cc1ccccc1NC(=O)[C@H](C)OC(=O)CCN=C1NS(=O)(=O)c2ccccc21. The smallest absolute Gasteiger partial charge is 0.308 e. The molecule has 2 N–H and O–H groups in total. The van der Waals surface area contributed by atoms with E-state index in [1.54, 1.807) is 30.3 Å². The summed E-state index contributed by atoms with van der Waals surface area (Å²) in [7, 11) is -3.62. The van der Waals surface area contributed by atoms with Crippen molar-refractivity contribution in [2.24, 2.45) is 4.99 Å². The molecule has 0 bridgehead atoms. The van der Waals surface area contributed by atoms with Gasteiger partial charge in [-0.25, -0.2) is 8.42 Å². The standard InChI is InChI=1S/C20H21N3O5S/c1-13-7-3-5-9-16(13)22-20(25)14(2)28-18(24)11-12-21-19-15-8-4-6-10-17(15)29(26,27)23-19/h3-10,14H,11-12H2,1-2H3,(H,21,23)(H,22,25)/t14-/m0/s1. The van der Waals surface area contributed by atoms with Crippen LogP contribution in [-0.4, -0.2) is 38.8 Å².